The van der Waals surface area contributed by atoms with Gasteiger partial charge in [0.15, 0.2) is 0 Å². The minimum absolute atomic E-state index is 0.278. The lowest BCUT2D eigenvalue weighted by atomic mass is 9.85. The highest BCUT2D eigenvalue weighted by atomic mass is 16.5. The number of aromatic nitrogens is 2. The van der Waals surface area contributed by atoms with Crippen LogP contribution >= 0.6 is 0 Å². The monoisotopic (exact) mass is 350 g/mol. The second-order valence-corrected chi connectivity index (χ2v) is 7.43. The van der Waals surface area contributed by atoms with Gasteiger partial charge in [0.25, 0.3) is 0 Å². The number of rotatable bonds is 6. The zero-order valence-electron chi connectivity index (χ0n) is 15.5. The lowest BCUT2D eigenvalue weighted by Gasteiger charge is -2.26. The number of aliphatic hydroxyl groups excluding tert-OH is 1. The highest BCUT2D eigenvalue weighted by Crippen LogP contribution is 2.37. The molecule has 1 atom stereocenters. The second-order valence-electron chi connectivity index (χ2n) is 7.43. The second kappa shape index (κ2) is 7.12. The maximum atomic E-state index is 10.6. The van der Waals surface area contributed by atoms with E-state index in [2.05, 4.69) is 23.6 Å². The zero-order valence-corrected chi connectivity index (χ0v) is 15.5. The number of hydrogen-bond acceptors (Lipinski definition) is 3. The van der Waals surface area contributed by atoms with Gasteiger partial charge in [0.2, 0.25) is 0 Å². The fraction of sp³-hybridized carbons (Fsp3) is 0.409. The van der Waals surface area contributed by atoms with Gasteiger partial charge in [0.1, 0.15) is 24.3 Å². The number of benzene rings is 2. The number of imidazole rings is 1. The van der Waals surface area contributed by atoms with Crippen molar-refractivity contribution in [2.45, 2.75) is 51.7 Å². The normalized spacial score (nSPS) is 15.8. The van der Waals surface area contributed by atoms with Gasteiger partial charge >= 0.3 is 0 Å². The molecule has 4 rings (SSSR count). The molecule has 3 aromatic rings. The lowest BCUT2D eigenvalue weighted by molar-refractivity contribution is 0.0916. The summed E-state index contributed by atoms with van der Waals surface area (Å²) in [7, 11) is 0. The van der Waals surface area contributed by atoms with Crippen LogP contribution in [0.2, 0.25) is 0 Å². The van der Waals surface area contributed by atoms with Gasteiger partial charge in [-0.3, -0.25) is 0 Å². The SMILES string of the molecule is Cc1ccc(OCC(O)Cn2c(C3CCC3)nc3ccccc32)c(C)c1. The van der Waals surface area contributed by atoms with Crippen LogP contribution in [0.5, 0.6) is 5.75 Å². The van der Waals surface area contributed by atoms with Crippen LogP contribution in [-0.4, -0.2) is 27.4 Å². The number of nitrogens with zero attached hydrogens (tertiary/aromatic N) is 2. The molecule has 0 saturated heterocycles. The van der Waals surface area contributed by atoms with E-state index in [4.69, 9.17) is 9.72 Å². The first kappa shape index (κ1) is 17.1. The third kappa shape index (κ3) is 3.34. The van der Waals surface area contributed by atoms with Gasteiger partial charge < -0.3 is 14.4 Å². The molecule has 1 aliphatic carbocycles. The Morgan fingerprint density at radius 3 is 2.73 bits per heavy atom. The molecule has 1 aliphatic rings. The third-order valence-corrected chi connectivity index (χ3v) is 5.31. The fourth-order valence-electron chi connectivity index (χ4n) is 3.67. The van der Waals surface area contributed by atoms with Crippen molar-refractivity contribution < 1.29 is 9.84 Å². The number of hydrogen-bond donors (Lipinski definition) is 1. The summed E-state index contributed by atoms with van der Waals surface area (Å²) in [6, 6.07) is 14.3. The molecule has 1 saturated carbocycles. The molecule has 1 fully saturated rings. The molecule has 0 amide bonds. The standard InChI is InChI=1S/C22H26N2O2/c1-15-10-11-21(16(2)12-15)26-14-18(25)13-24-20-9-4-3-8-19(20)23-22(24)17-6-5-7-17/h3-4,8-12,17-18,25H,5-7,13-14H2,1-2H3. The lowest BCUT2D eigenvalue weighted by Crippen LogP contribution is -2.26. The highest BCUT2D eigenvalue weighted by molar-refractivity contribution is 5.76. The van der Waals surface area contributed by atoms with Crippen molar-refractivity contribution in [3.05, 3.63) is 59.4 Å². The topological polar surface area (TPSA) is 47.3 Å². The molecule has 1 N–H and O–H groups in total. The van der Waals surface area contributed by atoms with Crippen molar-refractivity contribution in [2.24, 2.45) is 0 Å². The molecule has 1 unspecified atom stereocenters. The first-order chi connectivity index (χ1) is 12.6. The van der Waals surface area contributed by atoms with Gasteiger partial charge in [-0.15, -0.1) is 0 Å². The van der Waals surface area contributed by atoms with E-state index in [1.807, 2.05) is 37.3 Å². The van der Waals surface area contributed by atoms with E-state index in [-0.39, 0.29) is 6.61 Å². The largest absolute Gasteiger partial charge is 0.491 e. The van der Waals surface area contributed by atoms with Crippen LogP contribution in [0.1, 0.15) is 42.1 Å². The molecule has 0 bridgehead atoms. The molecular formula is C22H26N2O2. The van der Waals surface area contributed by atoms with E-state index in [9.17, 15) is 5.11 Å². The molecule has 136 valence electrons. The van der Waals surface area contributed by atoms with Gasteiger partial charge in [-0.25, -0.2) is 4.98 Å². The Labute approximate surface area is 154 Å². The summed E-state index contributed by atoms with van der Waals surface area (Å²) in [4.78, 5) is 4.84. The van der Waals surface area contributed by atoms with Crippen LogP contribution < -0.4 is 4.74 Å². The Morgan fingerprint density at radius 1 is 1.19 bits per heavy atom. The van der Waals surface area contributed by atoms with Crippen molar-refractivity contribution in [1.29, 1.82) is 0 Å². The summed E-state index contributed by atoms with van der Waals surface area (Å²) in [6.07, 6.45) is 3.08. The predicted molar refractivity (Wildman–Crippen MR) is 104 cm³/mol. The average molecular weight is 350 g/mol. The summed E-state index contributed by atoms with van der Waals surface area (Å²) < 4.78 is 8.06. The molecule has 0 radical (unpaired) electrons. The van der Waals surface area contributed by atoms with Gasteiger partial charge in [-0.2, -0.15) is 0 Å². The first-order valence-corrected chi connectivity index (χ1v) is 9.45. The Bertz CT molecular complexity index is 912. The van der Waals surface area contributed by atoms with Crippen molar-refractivity contribution >= 4 is 11.0 Å². The number of para-hydroxylation sites is 2. The van der Waals surface area contributed by atoms with Crippen LogP contribution in [0.15, 0.2) is 42.5 Å². The van der Waals surface area contributed by atoms with Gasteiger partial charge in [-0.05, 0) is 50.5 Å². The molecule has 26 heavy (non-hydrogen) atoms. The fourth-order valence-corrected chi connectivity index (χ4v) is 3.67. The Balaban J connectivity index is 1.51. The summed E-state index contributed by atoms with van der Waals surface area (Å²) in [5.41, 5.74) is 4.42. The quantitative estimate of drug-likeness (QED) is 0.718. The van der Waals surface area contributed by atoms with Gasteiger partial charge in [0, 0.05) is 5.92 Å². The summed E-state index contributed by atoms with van der Waals surface area (Å²) in [5.74, 6) is 2.47. The summed E-state index contributed by atoms with van der Waals surface area (Å²) >= 11 is 0. The van der Waals surface area contributed by atoms with Crippen LogP contribution in [0.4, 0.5) is 0 Å². The molecule has 2 aromatic carbocycles. The zero-order chi connectivity index (χ0) is 18.1. The van der Waals surface area contributed by atoms with Crippen molar-refractivity contribution in [1.82, 2.24) is 9.55 Å². The highest BCUT2D eigenvalue weighted by Gasteiger charge is 2.26. The Hall–Kier alpha value is -2.33. The van der Waals surface area contributed by atoms with E-state index < -0.39 is 6.10 Å². The van der Waals surface area contributed by atoms with Crippen LogP contribution in [0.3, 0.4) is 0 Å². The molecular weight excluding hydrogens is 324 g/mol. The van der Waals surface area contributed by atoms with Crippen LogP contribution in [0.25, 0.3) is 11.0 Å². The third-order valence-electron chi connectivity index (χ3n) is 5.31. The summed E-state index contributed by atoms with van der Waals surface area (Å²) in [5, 5.41) is 10.6. The Morgan fingerprint density at radius 2 is 2.00 bits per heavy atom. The van der Waals surface area contributed by atoms with Gasteiger partial charge in [0.05, 0.1) is 17.6 Å². The summed E-state index contributed by atoms with van der Waals surface area (Å²) in [6.45, 7) is 4.89. The van der Waals surface area contributed by atoms with E-state index >= 15 is 0 Å². The van der Waals surface area contributed by atoms with Gasteiger partial charge in [-0.1, -0.05) is 36.2 Å². The van der Waals surface area contributed by atoms with E-state index in [0.29, 0.717) is 12.5 Å². The number of ether oxygens (including phenoxy) is 1. The van der Waals surface area contributed by atoms with E-state index in [1.54, 1.807) is 0 Å². The number of aliphatic hydroxyl groups is 1. The van der Waals surface area contributed by atoms with Crippen molar-refractivity contribution in [3.63, 3.8) is 0 Å². The number of aryl methyl sites for hydroxylation is 2. The minimum Gasteiger partial charge on any atom is -0.491 e. The van der Waals surface area contributed by atoms with E-state index in [0.717, 1.165) is 28.2 Å². The maximum Gasteiger partial charge on any atom is 0.122 e. The molecule has 4 heteroatoms. The van der Waals surface area contributed by atoms with Crippen molar-refractivity contribution in [2.75, 3.05) is 6.61 Å². The van der Waals surface area contributed by atoms with E-state index in [1.165, 1.54) is 24.8 Å². The predicted octanol–water partition coefficient (Wildman–Crippen LogP) is 4.36. The maximum absolute atomic E-state index is 10.6. The number of fused-ring (bicyclic) bond motifs is 1. The van der Waals surface area contributed by atoms with Crippen LogP contribution in [0, 0.1) is 13.8 Å². The average Bonchev–Trinajstić information content (AvgIpc) is 2.91. The molecule has 0 aliphatic heterocycles. The molecule has 0 spiro atoms. The molecule has 4 nitrogen and oxygen atoms in total. The first-order valence-electron chi connectivity index (χ1n) is 9.45. The smallest absolute Gasteiger partial charge is 0.122 e. The molecule has 1 aromatic heterocycles. The van der Waals surface area contributed by atoms with Crippen molar-refractivity contribution in [3.8, 4) is 5.75 Å². The Kier molecular flexibility index (Phi) is 4.68. The minimum atomic E-state index is -0.577. The van der Waals surface area contributed by atoms with Crippen LogP contribution in [-0.2, 0) is 6.54 Å². The molecule has 1 heterocycles.